The molecule has 1 atom stereocenters. The van der Waals surface area contributed by atoms with Crippen LogP contribution in [0.25, 0.3) is 0 Å². The van der Waals surface area contributed by atoms with Crippen molar-refractivity contribution in [2.75, 3.05) is 33.5 Å². The average molecular weight is 254 g/mol. The summed E-state index contributed by atoms with van der Waals surface area (Å²) < 4.78 is 15.7. The van der Waals surface area contributed by atoms with Crippen molar-refractivity contribution in [1.29, 1.82) is 0 Å². The Kier molecular flexibility index (Phi) is 7.41. The molecule has 4 nitrogen and oxygen atoms in total. The highest BCUT2D eigenvalue weighted by atomic mass is 16.5. The lowest BCUT2D eigenvalue weighted by atomic mass is 10.1. The van der Waals surface area contributed by atoms with E-state index in [1.165, 1.54) is 0 Å². The monoisotopic (exact) mass is 254 g/mol. The summed E-state index contributed by atoms with van der Waals surface area (Å²) >= 11 is 0. The molecule has 0 fully saturated rings. The van der Waals surface area contributed by atoms with Crippen molar-refractivity contribution in [2.24, 2.45) is 0 Å². The summed E-state index contributed by atoms with van der Waals surface area (Å²) in [4.78, 5) is 0. The highest BCUT2D eigenvalue weighted by molar-refractivity contribution is 5.34. The topological polar surface area (TPSA) is 47.9 Å². The van der Waals surface area contributed by atoms with Gasteiger partial charge in [0, 0.05) is 25.7 Å². The molecule has 1 unspecified atom stereocenters. The van der Waals surface area contributed by atoms with E-state index in [-0.39, 0.29) is 0 Å². The molecule has 0 heterocycles. The number of methoxy groups -OCH3 is 1. The van der Waals surface area contributed by atoms with Gasteiger partial charge in [-0.05, 0) is 13.0 Å². The Morgan fingerprint density at radius 2 is 1.94 bits per heavy atom. The van der Waals surface area contributed by atoms with Crippen LogP contribution >= 0.6 is 0 Å². The molecule has 0 saturated heterocycles. The highest BCUT2D eigenvalue weighted by Gasteiger charge is 2.12. The van der Waals surface area contributed by atoms with E-state index in [1.54, 1.807) is 7.11 Å². The first-order chi connectivity index (χ1) is 8.79. The minimum absolute atomic E-state index is 0.505. The number of hydrogen-bond donors (Lipinski definition) is 1. The van der Waals surface area contributed by atoms with Crippen molar-refractivity contribution < 1.29 is 19.3 Å². The summed E-state index contributed by atoms with van der Waals surface area (Å²) in [6, 6.07) is 7.54. The van der Waals surface area contributed by atoms with Crippen molar-refractivity contribution in [3.63, 3.8) is 0 Å². The summed E-state index contributed by atoms with van der Waals surface area (Å²) in [5.74, 6) is 0.740. The number of benzene rings is 1. The van der Waals surface area contributed by atoms with Crippen molar-refractivity contribution >= 4 is 0 Å². The van der Waals surface area contributed by atoms with E-state index in [2.05, 4.69) is 0 Å². The molecule has 102 valence electrons. The van der Waals surface area contributed by atoms with Gasteiger partial charge in [0.2, 0.25) is 0 Å². The molecule has 1 aromatic rings. The fourth-order valence-corrected chi connectivity index (χ4v) is 1.64. The Bertz CT molecular complexity index is 327. The molecule has 0 bridgehead atoms. The van der Waals surface area contributed by atoms with Crippen molar-refractivity contribution in [1.82, 2.24) is 0 Å². The van der Waals surface area contributed by atoms with Crippen molar-refractivity contribution in [3.8, 4) is 5.75 Å². The standard InChI is InChI=1S/C14H22O4/c1-3-18-14-7-5-4-6-12(14)13(15)8-9-17-11-10-16-2/h4-7,13,15H,3,8-11H2,1-2H3. The molecule has 0 aliphatic rings. The van der Waals surface area contributed by atoms with Gasteiger partial charge in [0.05, 0.1) is 25.9 Å². The Labute approximate surface area is 108 Å². The first-order valence-corrected chi connectivity index (χ1v) is 6.26. The van der Waals surface area contributed by atoms with E-state index in [1.807, 2.05) is 31.2 Å². The predicted octanol–water partition coefficient (Wildman–Crippen LogP) is 2.17. The maximum atomic E-state index is 10.1. The minimum Gasteiger partial charge on any atom is -0.493 e. The zero-order chi connectivity index (χ0) is 13.2. The van der Waals surface area contributed by atoms with Crippen LogP contribution in [0.2, 0.25) is 0 Å². The zero-order valence-corrected chi connectivity index (χ0v) is 11.1. The summed E-state index contributed by atoms with van der Waals surface area (Å²) in [5.41, 5.74) is 0.815. The molecule has 1 N–H and O–H groups in total. The fraction of sp³-hybridized carbons (Fsp3) is 0.571. The van der Waals surface area contributed by atoms with Crippen LogP contribution < -0.4 is 4.74 Å². The summed E-state index contributed by atoms with van der Waals surface area (Å²) in [6.07, 6.45) is -0.0105. The molecule has 0 amide bonds. The number of hydrogen-bond acceptors (Lipinski definition) is 4. The lowest BCUT2D eigenvalue weighted by Crippen LogP contribution is -2.08. The zero-order valence-electron chi connectivity index (χ0n) is 11.1. The Morgan fingerprint density at radius 1 is 1.17 bits per heavy atom. The summed E-state index contributed by atoms with van der Waals surface area (Å²) in [5, 5.41) is 10.1. The molecule has 1 rings (SSSR count). The molecule has 18 heavy (non-hydrogen) atoms. The second kappa shape index (κ2) is 8.91. The number of aliphatic hydroxyl groups excluding tert-OH is 1. The van der Waals surface area contributed by atoms with Crippen LogP contribution in [-0.4, -0.2) is 38.6 Å². The molecule has 0 spiro atoms. The van der Waals surface area contributed by atoms with E-state index in [4.69, 9.17) is 14.2 Å². The Hall–Kier alpha value is -1.10. The second-order valence-electron chi connectivity index (χ2n) is 3.88. The van der Waals surface area contributed by atoms with E-state index >= 15 is 0 Å². The summed E-state index contributed by atoms with van der Waals surface area (Å²) in [7, 11) is 1.64. The van der Waals surface area contributed by atoms with Gasteiger partial charge in [0.15, 0.2) is 0 Å². The lowest BCUT2D eigenvalue weighted by Gasteiger charge is -2.15. The van der Waals surface area contributed by atoms with Gasteiger partial charge in [-0.1, -0.05) is 18.2 Å². The van der Waals surface area contributed by atoms with Gasteiger partial charge in [-0.25, -0.2) is 0 Å². The van der Waals surface area contributed by atoms with Gasteiger partial charge in [-0.2, -0.15) is 0 Å². The van der Waals surface area contributed by atoms with Crippen LogP contribution in [0.3, 0.4) is 0 Å². The normalized spacial score (nSPS) is 12.4. The van der Waals surface area contributed by atoms with Crippen LogP contribution in [0.4, 0.5) is 0 Å². The van der Waals surface area contributed by atoms with Crippen LogP contribution in [0, 0.1) is 0 Å². The average Bonchev–Trinajstić information content (AvgIpc) is 2.39. The molecule has 0 saturated carbocycles. The molecule has 4 heteroatoms. The third-order valence-electron chi connectivity index (χ3n) is 2.55. The van der Waals surface area contributed by atoms with Gasteiger partial charge in [-0.15, -0.1) is 0 Å². The van der Waals surface area contributed by atoms with Crippen LogP contribution in [-0.2, 0) is 9.47 Å². The lowest BCUT2D eigenvalue weighted by molar-refractivity contribution is 0.0469. The number of aliphatic hydroxyl groups is 1. The fourth-order valence-electron chi connectivity index (χ4n) is 1.64. The van der Waals surface area contributed by atoms with E-state index in [0.29, 0.717) is 32.8 Å². The SMILES string of the molecule is CCOc1ccccc1C(O)CCOCCOC. The molecule has 0 aromatic heterocycles. The van der Waals surface area contributed by atoms with Gasteiger partial charge >= 0.3 is 0 Å². The Balaban J connectivity index is 2.42. The Morgan fingerprint density at radius 3 is 2.67 bits per heavy atom. The molecular formula is C14H22O4. The third kappa shape index (κ3) is 5.04. The third-order valence-corrected chi connectivity index (χ3v) is 2.55. The maximum Gasteiger partial charge on any atom is 0.125 e. The van der Waals surface area contributed by atoms with Crippen molar-refractivity contribution in [2.45, 2.75) is 19.4 Å². The quantitative estimate of drug-likeness (QED) is 0.686. The van der Waals surface area contributed by atoms with Gasteiger partial charge in [-0.3, -0.25) is 0 Å². The maximum absolute atomic E-state index is 10.1. The molecule has 0 aliphatic heterocycles. The number of para-hydroxylation sites is 1. The first kappa shape index (κ1) is 15.0. The predicted molar refractivity (Wildman–Crippen MR) is 69.9 cm³/mol. The molecular weight excluding hydrogens is 232 g/mol. The van der Waals surface area contributed by atoms with E-state index < -0.39 is 6.10 Å². The summed E-state index contributed by atoms with van der Waals surface area (Å²) in [6.45, 7) is 4.15. The van der Waals surface area contributed by atoms with Crippen LogP contribution in [0.15, 0.2) is 24.3 Å². The first-order valence-electron chi connectivity index (χ1n) is 6.26. The van der Waals surface area contributed by atoms with Crippen molar-refractivity contribution in [3.05, 3.63) is 29.8 Å². The molecule has 0 radical (unpaired) electrons. The van der Waals surface area contributed by atoms with Gasteiger partial charge < -0.3 is 19.3 Å². The number of rotatable bonds is 9. The smallest absolute Gasteiger partial charge is 0.125 e. The van der Waals surface area contributed by atoms with E-state index in [0.717, 1.165) is 11.3 Å². The minimum atomic E-state index is -0.560. The molecule has 1 aromatic carbocycles. The van der Waals surface area contributed by atoms with Gasteiger partial charge in [0.1, 0.15) is 5.75 Å². The van der Waals surface area contributed by atoms with Crippen LogP contribution in [0.5, 0.6) is 5.75 Å². The highest BCUT2D eigenvalue weighted by Crippen LogP contribution is 2.26. The largest absolute Gasteiger partial charge is 0.493 e. The van der Waals surface area contributed by atoms with Crippen LogP contribution in [0.1, 0.15) is 25.0 Å². The van der Waals surface area contributed by atoms with Gasteiger partial charge in [0.25, 0.3) is 0 Å². The number of ether oxygens (including phenoxy) is 3. The molecule has 0 aliphatic carbocycles. The van der Waals surface area contributed by atoms with E-state index in [9.17, 15) is 5.11 Å². The second-order valence-corrected chi connectivity index (χ2v) is 3.88.